The van der Waals surface area contributed by atoms with Gasteiger partial charge in [-0.2, -0.15) is 4.98 Å². The summed E-state index contributed by atoms with van der Waals surface area (Å²) >= 11 is 6.06. The van der Waals surface area contributed by atoms with Crippen molar-refractivity contribution in [1.82, 2.24) is 15.0 Å². The maximum Gasteiger partial charge on any atom is 0.322 e. The summed E-state index contributed by atoms with van der Waals surface area (Å²) in [5, 5.41) is 7.54. The average Bonchev–Trinajstić information content (AvgIpc) is 3.35. The number of amides is 2. The molecule has 0 fully saturated rings. The molecular weight excluding hydrogens is 468 g/mol. The van der Waals surface area contributed by atoms with Gasteiger partial charge in [0.1, 0.15) is 0 Å². The van der Waals surface area contributed by atoms with E-state index >= 15 is 0 Å². The standard InChI is InChI=1S/C26H25ClN4O4/c1-33-22-12-11-19(15-23(22)34-2)25-29-24(35-30-25)13-14-31(17-18-7-4-3-5-8-18)26(32)28-21-10-6-9-20(27)16-21/h3-12,15-16H,13-14,17H2,1-2H3,(H,28,32). The van der Waals surface area contributed by atoms with Crippen molar-refractivity contribution < 1.29 is 18.8 Å². The largest absolute Gasteiger partial charge is 0.493 e. The van der Waals surface area contributed by atoms with Crippen LogP contribution in [0.15, 0.2) is 77.3 Å². The van der Waals surface area contributed by atoms with Gasteiger partial charge in [-0.25, -0.2) is 4.79 Å². The van der Waals surface area contributed by atoms with Crippen LogP contribution in [0.4, 0.5) is 10.5 Å². The first-order valence-corrected chi connectivity index (χ1v) is 11.3. The summed E-state index contributed by atoms with van der Waals surface area (Å²) in [5.74, 6) is 2.03. The summed E-state index contributed by atoms with van der Waals surface area (Å²) in [6.45, 7) is 0.790. The van der Waals surface area contributed by atoms with Gasteiger partial charge in [-0.15, -0.1) is 0 Å². The normalized spacial score (nSPS) is 10.6. The van der Waals surface area contributed by atoms with E-state index in [4.69, 9.17) is 25.6 Å². The van der Waals surface area contributed by atoms with E-state index in [2.05, 4.69) is 15.5 Å². The second-order valence-corrected chi connectivity index (χ2v) is 8.12. The van der Waals surface area contributed by atoms with Crippen molar-refractivity contribution in [2.75, 3.05) is 26.1 Å². The number of anilines is 1. The number of halogens is 1. The molecule has 3 aromatic carbocycles. The number of rotatable bonds is 9. The molecule has 1 aromatic heterocycles. The molecule has 0 radical (unpaired) electrons. The molecule has 0 aliphatic carbocycles. The molecule has 35 heavy (non-hydrogen) atoms. The van der Waals surface area contributed by atoms with Crippen LogP contribution in [0.5, 0.6) is 11.5 Å². The minimum atomic E-state index is -0.254. The van der Waals surface area contributed by atoms with Crippen molar-refractivity contribution >= 4 is 23.3 Å². The summed E-state index contributed by atoms with van der Waals surface area (Å²) in [4.78, 5) is 19.3. The van der Waals surface area contributed by atoms with Gasteiger partial charge in [0.2, 0.25) is 11.7 Å². The lowest BCUT2D eigenvalue weighted by atomic mass is 10.2. The number of carbonyl (C=O) groups is 1. The zero-order chi connectivity index (χ0) is 24.6. The van der Waals surface area contributed by atoms with E-state index in [-0.39, 0.29) is 6.03 Å². The van der Waals surface area contributed by atoms with Gasteiger partial charge in [-0.05, 0) is 42.0 Å². The lowest BCUT2D eigenvalue weighted by Crippen LogP contribution is -2.36. The van der Waals surface area contributed by atoms with E-state index in [1.807, 2.05) is 36.4 Å². The molecule has 0 atom stereocenters. The van der Waals surface area contributed by atoms with Crippen molar-refractivity contribution in [3.05, 3.63) is 89.3 Å². The Hall–Kier alpha value is -4.04. The van der Waals surface area contributed by atoms with Gasteiger partial charge in [0, 0.05) is 35.8 Å². The summed E-state index contributed by atoms with van der Waals surface area (Å²) in [7, 11) is 3.15. The highest BCUT2D eigenvalue weighted by Gasteiger charge is 2.18. The third-order valence-corrected chi connectivity index (χ3v) is 5.52. The number of aromatic nitrogens is 2. The lowest BCUT2D eigenvalue weighted by Gasteiger charge is -2.23. The van der Waals surface area contributed by atoms with Gasteiger partial charge < -0.3 is 24.2 Å². The smallest absolute Gasteiger partial charge is 0.322 e. The molecule has 0 unspecified atom stereocenters. The Bertz CT molecular complexity index is 1280. The molecule has 0 saturated carbocycles. The fourth-order valence-electron chi connectivity index (χ4n) is 3.50. The Morgan fingerprint density at radius 2 is 1.80 bits per heavy atom. The van der Waals surface area contributed by atoms with Gasteiger partial charge in [0.05, 0.1) is 14.2 Å². The molecule has 0 spiro atoms. The van der Waals surface area contributed by atoms with Crippen LogP contribution in [0.2, 0.25) is 5.02 Å². The number of nitrogens with one attached hydrogen (secondary N) is 1. The van der Waals surface area contributed by atoms with Gasteiger partial charge in [-0.1, -0.05) is 53.2 Å². The van der Waals surface area contributed by atoms with E-state index in [1.165, 1.54) is 0 Å². The van der Waals surface area contributed by atoms with Crippen LogP contribution in [-0.2, 0) is 13.0 Å². The van der Waals surface area contributed by atoms with Gasteiger partial charge in [0.25, 0.3) is 0 Å². The fraction of sp³-hybridized carbons (Fsp3) is 0.192. The molecule has 1 heterocycles. The second-order valence-electron chi connectivity index (χ2n) is 7.68. The lowest BCUT2D eigenvalue weighted by molar-refractivity contribution is 0.207. The van der Waals surface area contributed by atoms with Crippen molar-refractivity contribution in [2.45, 2.75) is 13.0 Å². The van der Waals surface area contributed by atoms with Gasteiger partial charge in [-0.3, -0.25) is 0 Å². The van der Waals surface area contributed by atoms with Crippen LogP contribution < -0.4 is 14.8 Å². The number of urea groups is 1. The molecule has 0 saturated heterocycles. The molecule has 4 rings (SSSR count). The van der Waals surface area contributed by atoms with Crippen molar-refractivity contribution in [1.29, 1.82) is 0 Å². The summed E-state index contributed by atoms with van der Waals surface area (Å²) < 4.78 is 16.1. The van der Waals surface area contributed by atoms with Crippen LogP contribution >= 0.6 is 11.6 Å². The number of benzene rings is 3. The van der Waals surface area contributed by atoms with E-state index in [0.717, 1.165) is 11.1 Å². The molecular formula is C26H25ClN4O4. The Morgan fingerprint density at radius 1 is 1.00 bits per heavy atom. The number of hydrogen-bond donors (Lipinski definition) is 1. The van der Waals surface area contributed by atoms with Crippen LogP contribution in [0.1, 0.15) is 11.5 Å². The van der Waals surface area contributed by atoms with Gasteiger partial charge >= 0.3 is 6.03 Å². The quantitative estimate of drug-likeness (QED) is 0.323. The zero-order valence-electron chi connectivity index (χ0n) is 19.4. The summed E-state index contributed by atoms with van der Waals surface area (Å²) in [6, 6.07) is 21.9. The highest BCUT2D eigenvalue weighted by molar-refractivity contribution is 6.30. The molecule has 0 bridgehead atoms. The Kier molecular flexibility index (Phi) is 7.84. The van der Waals surface area contributed by atoms with Crippen LogP contribution in [0.25, 0.3) is 11.4 Å². The predicted octanol–water partition coefficient (Wildman–Crippen LogP) is 5.68. The minimum Gasteiger partial charge on any atom is -0.493 e. The molecule has 4 aromatic rings. The number of nitrogens with zero attached hydrogens (tertiary/aromatic N) is 3. The Labute approximate surface area is 208 Å². The van der Waals surface area contributed by atoms with E-state index in [0.29, 0.717) is 53.4 Å². The predicted molar refractivity (Wildman–Crippen MR) is 134 cm³/mol. The maximum absolute atomic E-state index is 13.1. The number of carbonyl (C=O) groups excluding carboxylic acids is 1. The van der Waals surface area contributed by atoms with E-state index < -0.39 is 0 Å². The van der Waals surface area contributed by atoms with Crippen LogP contribution in [0.3, 0.4) is 0 Å². The molecule has 8 nitrogen and oxygen atoms in total. The molecule has 0 aliphatic rings. The zero-order valence-corrected chi connectivity index (χ0v) is 20.2. The molecule has 1 N–H and O–H groups in total. The third-order valence-electron chi connectivity index (χ3n) is 5.28. The van der Waals surface area contributed by atoms with Crippen LogP contribution in [-0.4, -0.2) is 41.8 Å². The Balaban J connectivity index is 1.47. The SMILES string of the molecule is COc1ccc(-c2noc(CCN(Cc3ccccc3)C(=O)Nc3cccc(Cl)c3)n2)cc1OC. The van der Waals surface area contributed by atoms with E-state index in [9.17, 15) is 4.79 Å². The number of methoxy groups -OCH3 is 2. The minimum absolute atomic E-state index is 0.254. The van der Waals surface area contributed by atoms with Crippen molar-refractivity contribution in [3.63, 3.8) is 0 Å². The average molecular weight is 493 g/mol. The number of ether oxygens (including phenoxy) is 2. The monoisotopic (exact) mass is 492 g/mol. The molecule has 180 valence electrons. The van der Waals surface area contributed by atoms with Crippen LogP contribution in [0, 0.1) is 0 Å². The highest BCUT2D eigenvalue weighted by atomic mass is 35.5. The molecule has 0 aliphatic heterocycles. The fourth-order valence-corrected chi connectivity index (χ4v) is 3.69. The maximum atomic E-state index is 13.1. The third kappa shape index (κ3) is 6.30. The van der Waals surface area contributed by atoms with Gasteiger partial charge in [0.15, 0.2) is 11.5 Å². The van der Waals surface area contributed by atoms with E-state index in [1.54, 1.807) is 55.5 Å². The summed E-state index contributed by atoms with van der Waals surface area (Å²) in [6.07, 6.45) is 0.385. The molecule has 9 heteroatoms. The van der Waals surface area contributed by atoms with Crippen molar-refractivity contribution in [3.8, 4) is 22.9 Å². The first-order valence-electron chi connectivity index (χ1n) is 11.0. The number of hydrogen-bond acceptors (Lipinski definition) is 6. The first kappa shape index (κ1) is 24.1. The topological polar surface area (TPSA) is 89.7 Å². The highest BCUT2D eigenvalue weighted by Crippen LogP contribution is 2.31. The molecule has 2 amide bonds. The Morgan fingerprint density at radius 3 is 2.54 bits per heavy atom. The summed E-state index contributed by atoms with van der Waals surface area (Å²) in [5.41, 5.74) is 2.36. The first-order chi connectivity index (χ1) is 17.1. The second kappa shape index (κ2) is 11.4. The van der Waals surface area contributed by atoms with Crippen molar-refractivity contribution in [2.24, 2.45) is 0 Å².